The fourth-order valence-electron chi connectivity index (χ4n) is 1.74. The summed E-state index contributed by atoms with van der Waals surface area (Å²) in [6.07, 6.45) is -1.28. The molecule has 1 unspecified atom stereocenters. The van der Waals surface area contributed by atoms with E-state index < -0.39 is 17.7 Å². The Morgan fingerprint density at radius 2 is 2.00 bits per heavy atom. The Morgan fingerprint density at radius 1 is 1.39 bits per heavy atom. The third-order valence-electron chi connectivity index (χ3n) is 2.92. The lowest BCUT2D eigenvalue weighted by molar-refractivity contribution is -0.153. The normalized spacial score (nSPS) is 13.2. The predicted molar refractivity (Wildman–Crippen MR) is 68.1 cm³/mol. The molecule has 0 heterocycles. The molecule has 100 valence electrons. The summed E-state index contributed by atoms with van der Waals surface area (Å²) in [6.45, 7) is 5.70. The van der Waals surface area contributed by atoms with Gasteiger partial charge >= 0.3 is 5.97 Å². The van der Waals surface area contributed by atoms with Crippen LogP contribution in [0.3, 0.4) is 0 Å². The lowest BCUT2D eigenvalue weighted by Gasteiger charge is -2.27. The van der Waals surface area contributed by atoms with Crippen molar-refractivity contribution in [1.82, 2.24) is 0 Å². The maximum atomic E-state index is 11.6. The van der Waals surface area contributed by atoms with Gasteiger partial charge in [-0.2, -0.15) is 0 Å². The first-order chi connectivity index (χ1) is 8.44. The average Bonchev–Trinajstić information content (AvgIpc) is 2.38. The highest BCUT2D eigenvalue weighted by Gasteiger charge is 2.28. The molecule has 0 fully saturated rings. The number of rotatable bonds is 5. The highest BCUT2D eigenvalue weighted by Crippen LogP contribution is 2.30. The maximum absolute atomic E-state index is 11.6. The summed E-state index contributed by atoms with van der Waals surface area (Å²) in [7, 11) is 1.59. The van der Waals surface area contributed by atoms with E-state index in [0.29, 0.717) is 5.56 Å². The fourth-order valence-corrected chi connectivity index (χ4v) is 1.74. The van der Waals surface area contributed by atoms with E-state index in [2.05, 4.69) is 0 Å². The molecule has 18 heavy (non-hydrogen) atoms. The molecule has 0 aromatic heterocycles. The van der Waals surface area contributed by atoms with Crippen molar-refractivity contribution in [3.8, 4) is 0 Å². The summed E-state index contributed by atoms with van der Waals surface area (Å²) >= 11 is 0. The summed E-state index contributed by atoms with van der Waals surface area (Å²) in [6, 6.07) is 7.16. The molecule has 0 aliphatic heterocycles. The second-order valence-corrected chi connectivity index (χ2v) is 4.46. The zero-order chi connectivity index (χ0) is 13.8. The summed E-state index contributed by atoms with van der Waals surface area (Å²) in [4.78, 5) is 11.6. The lowest BCUT2D eigenvalue weighted by Crippen LogP contribution is -2.25. The largest absolute Gasteiger partial charge is 0.464 e. The number of ether oxygens (including phenoxy) is 2. The van der Waals surface area contributed by atoms with Gasteiger partial charge in [-0.25, -0.2) is 4.79 Å². The van der Waals surface area contributed by atoms with Crippen LogP contribution in [0, 0.1) is 0 Å². The number of carbonyl (C=O) groups excluding carboxylic acids is 1. The minimum absolute atomic E-state index is 0.242. The molecule has 1 atom stereocenters. The van der Waals surface area contributed by atoms with Gasteiger partial charge in [-0.1, -0.05) is 24.3 Å². The highest BCUT2D eigenvalue weighted by molar-refractivity contribution is 5.76. The van der Waals surface area contributed by atoms with Crippen LogP contribution >= 0.6 is 0 Å². The SMILES string of the molecule is CCOC(=O)C(O)c1ccccc1C(C)(C)OC. The second kappa shape index (κ2) is 5.98. The fraction of sp³-hybridized carbons (Fsp3) is 0.500. The maximum Gasteiger partial charge on any atom is 0.339 e. The zero-order valence-corrected chi connectivity index (χ0v) is 11.3. The van der Waals surface area contributed by atoms with Crippen LogP contribution in [0.4, 0.5) is 0 Å². The van der Waals surface area contributed by atoms with Crippen molar-refractivity contribution in [2.45, 2.75) is 32.5 Å². The number of esters is 1. The number of methoxy groups -OCH3 is 1. The van der Waals surface area contributed by atoms with Crippen molar-refractivity contribution in [2.75, 3.05) is 13.7 Å². The standard InChI is InChI=1S/C14H20O4/c1-5-18-13(16)12(15)10-8-6-7-9-11(10)14(2,3)17-4/h6-9,12,15H,5H2,1-4H3. The van der Waals surface area contributed by atoms with Crippen LogP contribution in [0.2, 0.25) is 0 Å². The van der Waals surface area contributed by atoms with Crippen molar-refractivity contribution in [3.63, 3.8) is 0 Å². The van der Waals surface area contributed by atoms with E-state index in [0.717, 1.165) is 5.56 Å². The predicted octanol–water partition coefficient (Wildman–Crippen LogP) is 2.16. The van der Waals surface area contributed by atoms with Crippen LogP contribution < -0.4 is 0 Å². The molecule has 0 bridgehead atoms. The molecular weight excluding hydrogens is 232 g/mol. The van der Waals surface area contributed by atoms with Crippen molar-refractivity contribution < 1.29 is 19.4 Å². The first-order valence-corrected chi connectivity index (χ1v) is 5.93. The number of aliphatic hydroxyl groups excluding tert-OH is 1. The van der Waals surface area contributed by atoms with Crippen LogP contribution in [0.25, 0.3) is 0 Å². The van der Waals surface area contributed by atoms with Gasteiger partial charge in [0.15, 0.2) is 6.10 Å². The molecule has 1 rings (SSSR count). The number of benzene rings is 1. The van der Waals surface area contributed by atoms with E-state index in [9.17, 15) is 9.90 Å². The van der Waals surface area contributed by atoms with Crippen molar-refractivity contribution >= 4 is 5.97 Å². The number of carbonyl (C=O) groups is 1. The van der Waals surface area contributed by atoms with Gasteiger partial charge in [0.25, 0.3) is 0 Å². The Morgan fingerprint density at radius 3 is 2.56 bits per heavy atom. The van der Waals surface area contributed by atoms with Gasteiger partial charge in [-0.15, -0.1) is 0 Å². The van der Waals surface area contributed by atoms with E-state index >= 15 is 0 Å². The summed E-state index contributed by atoms with van der Waals surface area (Å²) in [5.41, 5.74) is 0.709. The topological polar surface area (TPSA) is 55.8 Å². The number of hydrogen-bond donors (Lipinski definition) is 1. The van der Waals surface area contributed by atoms with Crippen molar-refractivity contribution in [1.29, 1.82) is 0 Å². The van der Waals surface area contributed by atoms with Gasteiger partial charge in [0.05, 0.1) is 12.2 Å². The highest BCUT2D eigenvalue weighted by atomic mass is 16.5. The number of aliphatic hydroxyl groups is 1. The molecule has 0 saturated carbocycles. The Bertz CT molecular complexity index is 412. The van der Waals surface area contributed by atoms with Crippen LogP contribution in [0.1, 0.15) is 38.0 Å². The van der Waals surface area contributed by atoms with Crippen molar-refractivity contribution in [3.05, 3.63) is 35.4 Å². The molecule has 0 amide bonds. The number of hydrogen-bond acceptors (Lipinski definition) is 4. The Hall–Kier alpha value is -1.39. The van der Waals surface area contributed by atoms with E-state index in [1.165, 1.54) is 0 Å². The third-order valence-corrected chi connectivity index (χ3v) is 2.92. The molecule has 0 saturated heterocycles. The van der Waals surface area contributed by atoms with Gasteiger partial charge in [0.1, 0.15) is 0 Å². The lowest BCUT2D eigenvalue weighted by atomic mass is 9.90. The van der Waals surface area contributed by atoms with Crippen LogP contribution in [-0.2, 0) is 19.9 Å². The Kier molecular flexibility index (Phi) is 4.87. The average molecular weight is 252 g/mol. The van der Waals surface area contributed by atoms with Crippen LogP contribution in [-0.4, -0.2) is 24.8 Å². The second-order valence-electron chi connectivity index (χ2n) is 4.46. The smallest absolute Gasteiger partial charge is 0.339 e. The van der Waals surface area contributed by atoms with Gasteiger partial charge in [-0.05, 0) is 31.9 Å². The van der Waals surface area contributed by atoms with Gasteiger partial charge in [-0.3, -0.25) is 0 Å². The zero-order valence-electron chi connectivity index (χ0n) is 11.3. The van der Waals surface area contributed by atoms with E-state index in [1.807, 2.05) is 26.0 Å². The first-order valence-electron chi connectivity index (χ1n) is 5.93. The molecule has 0 radical (unpaired) electrons. The molecule has 1 N–H and O–H groups in total. The Labute approximate surface area is 108 Å². The van der Waals surface area contributed by atoms with Crippen LogP contribution in [0.5, 0.6) is 0 Å². The molecule has 1 aromatic carbocycles. The van der Waals surface area contributed by atoms with Gasteiger partial charge in [0, 0.05) is 7.11 Å². The molecular formula is C14H20O4. The first kappa shape index (κ1) is 14.7. The molecule has 0 aliphatic carbocycles. The third kappa shape index (κ3) is 3.09. The van der Waals surface area contributed by atoms with E-state index in [4.69, 9.17) is 9.47 Å². The van der Waals surface area contributed by atoms with E-state index in [1.54, 1.807) is 26.2 Å². The molecule has 0 aliphatic rings. The molecule has 4 nitrogen and oxygen atoms in total. The molecule has 4 heteroatoms. The summed E-state index contributed by atoms with van der Waals surface area (Å²) < 4.78 is 10.2. The monoisotopic (exact) mass is 252 g/mol. The molecule has 0 spiro atoms. The summed E-state index contributed by atoms with van der Waals surface area (Å²) in [5.74, 6) is -0.642. The minimum Gasteiger partial charge on any atom is -0.464 e. The van der Waals surface area contributed by atoms with E-state index in [-0.39, 0.29) is 6.61 Å². The Balaban J connectivity index is 3.13. The van der Waals surface area contributed by atoms with Crippen molar-refractivity contribution in [2.24, 2.45) is 0 Å². The van der Waals surface area contributed by atoms with Gasteiger partial charge in [0.2, 0.25) is 0 Å². The van der Waals surface area contributed by atoms with Crippen LogP contribution in [0.15, 0.2) is 24.3 Å². The summed E-state index contributed by atoms with van der Waals surface area (Å²) in [5, 5.41) is 10.0. The molecule has 1 aromatic rings. The quantitative estimate of drug-likeness (QED) is 0.816. The minimum atomic E-state index is -1.28. The van der Waals surface area contributed by atoms with Gasteiger partial charge < -0.3 is 14.6 Å².